The van der Waals surface area contributed by atoms with Gasteiger partial charge in [0.05, 0.1) is 24.8 Å². The van der Waals surface area contributed by atoms with Crippen LogP contribution in [0.15, 0.2) is 65.6 Å². The molecule has 0 aromatic heterocycles. The van der Waals surface area contributed by atoms with E-state index in [2.05, 4.69) is 10.6 Å². The van der Waals surface area contributed by atoms with Gasteiger partial charge < -0.3 is 20.1 Å². The third-order valence-corrected chi connectivity index (χ3v) is 7.24. The summed E-state index contributed by atoms with van der Waals surface area (Å²) < 4.78 is 38.2. The summed E-state index contributed by atoms with van der Waals surface area (Å²) in [5.41, 5.74) is 3.44. The van der Waals surface area contributed by atoms with Gasteiger partial charge >= 0.3 is 6.03 Å². The third kappa shape index (κ3) is 4.73. The number of fused-ring (bicyclic) bond motifs is 1. The maximum atomic E-state index is 13.2. The zero-order valence-corrected chi connectivity index (χ0v) is 19.4. The Hall–Kier alpha value is -3.72. The molecule has 8 nitrogen and oxygen atoms in total. The number of ether oxygens (including phenoxy) is 2. The molecule has 2 amide bonds. The van der Waals surface area contributed by atoms with E-state index in [0.29, 0.717) is 41.5 Å². The molecule has 172 valence electrons. The number of anilines is 3. The number of amides is 2. The standard InChI is InChI=1S/C24H25N3O5S/c1-16-4-8-22(9-5-16)33(29,30)27-11-10-17-6-7-18(14-23(17)27)25-24(28)26-19-12-20(31-2)15-21(13-19)32-3/h4-9,12-15H,10-11H2,1-3H3,(H2,25,26,28). The fraction of sp³-hybridized carbons (Fsp3) is 0.208. The van der Waals surface area contributed by atoms with Crippen LogP contribution < -0.4 is 24.4 Å². The lowest BCUT2D eigenvalue weighted by atomic mass is 10.1. The first-order chi connectivity index (χ1) is 15.8. The molecule has 33 heavy (non-hydrogen) atoms. The van der Waals surface area contributed by atoms with Gasteiger partial charge in [-0.3, -0.25) is 4.31 Å². The molecule has 0 saturated carbocycles. The number of hydrogen-bond acceptors (Lipinski definition) is 5. The highest BCUT2D eigenvalue weighted by molar-refractivity contribution is 7.92. The highest BCUT2D eigenvalue weighted by atomic mass is 32.2. The number of benzene rings is 3. The molecule has 2 N–H and O–H groups in total. The van der Waals surface area contributed by atoms with Crippen molar-refractivity contribution in [3.63, 3.8) is 0 Å². The zero-order chi connectivity index (χ0) is 23.6. The van der Waals surface area contributed by atoms with Crippen LogP contribution in [0.2, 0.25) is 0 Å². The van der Waals surface area contributed by atoms with Crippen molar-refractivity contribution in [3.8, 4) is 11.5 Å². The highest BCUT2D eigenvalue weighted by Gasteiger charge is 2.31. The van der Waals surface area contributed by atoms with Crippen LogP contribution in [-0.4, -0.2) is 35.2 Å². The van der Waals surface area contributed by atoms with Gasteiger partial charge in [-0.2, -0.15) is 0 Å². The van der Waals surface area contributed by atoms with Gasteiger partial charge in [0.2, 0.25) is 0 Å². The van der Waals surface area contributed by atoms with Gasteiger partial charge in [-0.15, -0.1) is 0 Å². The molecule has 0 saturated heterocycles. The van der Waals surface area contributed by atoms with Crippen molar-refractivity contribution in [2.45, 2.75) is 18.2 Å². The Labute approximate surface area is 193 Å². The number of aryl methyl sites for hydroxylation is 1. The molecular formula is C24H25N3O5S. The quantitative estimate of drug-likeness (QED) is 0.560. The lowest BCUT2D eigenvalue weighted by Gasteiger charge is -2.20. The van der Waals surface area contributed by atoms with E-state index in [1.165, 1.54) is 18.5 Å². The second-order valence-corrected chi connectivity index (χ2v) is 9.53. The van der Waals surface area contributed by atoms with E-state index in [-0.39, 0.29) is 4.90 Å². The molecule has 0 bridgehead atoms. The van der Waals surface area contributed by atoms with Gasteiger partial charge in [-0.1, -0.05) is 23.8 Å². The van der Waals surface area contributed by atoms with Crippen molar-refractivity contribution < 1.29 is 22.7 Å². The van der Waals surface area contributed by atoms with Crippen LogP contribution in [-0.2, 0) is 16.4 Å². The van der Waals surface area contributed by atoms with Gasteiger partial charge in [0, 0.05) is 36.1 Å². The molecule has 0 atom stereocenters. The molecule has 1 aliphatic heterocycles. The van der Waals surface area contributed by atoms with Crippen molar-refractivity contribution >= 4 is 33.1 Å². The second kappa shape index (κ2) is 9.03. The van der Waals surface area contributed by atoms with E-state index >= 15 is 0 Å². The Morgan fingerprint density at radius 1 is 0.879 bits per heavy atom. The summed E-state index contributed by atoms with van der Waals surface area (Å²) in [6.07, 6.45) is 0.608. The number of urea groups is 1. The monoisotopic (exact) mass is 467 g/mol. The summed E-state index contributed by atoms with van der Waals surface area (Å²) in [5, 5.41) is 5.50. The summed E-state index contributed by atoms with van der Waals surface area (Å²) in [5.74, 6) is 1.08. The normalized spacial score (nSPS) is 12.8. The largest absolute Gasteiger partial charge is 0.497 e. The number of carbonyl (C=O) groups excluding carboxylic acids is 1. The average Bonchev–Trinajstić information content (AvgIpc) is 3.23. The number of rotatable bonds is 6. The van der Waals surface area contributed by atoms with Gasteiger partial charge in [0.15, 0.2) is 0 Å². The molecule has 1 aliphatic rings. The van der Waals surface area contributed by atoms with Crippen LogP contribution in [0.5, 0.6) is 11.5 Å². The molecule has 3 aromatic carbocycles. The number of sulfonamides is 1. The molecular weight excluding hydrogens is 442 g/mol. The van der Waals surface area contributed by atoms with E-state index in [1.54, 1.807) is 54.6 Å². The van der Waals surface area contributed by atoms with E-state index in [1.807, 2.05) is 13.0 Å². The molecule has 4 rings (SSSR count). The first-order valence-electron chi connectivity index (χ1n) is 10.3. The van der Waals surface area contributed by atoms with E-state index in [4.69, 9.17) is 9.47 Å². The third-order valence-electron chi connectivity index (χ3n) is 5.41. The molecule has 0 spiro atoms. The molecule has 9 heteroatoms. The van der Waals surface area contributed by atoms with Crippen LogP contribution in [0.4, 0.5) is 21.9 Å². The van der Waals surface area contributed by atoms with Gasteiger partial charge in [-0.25, -0.2) is 13.2 Å². The smallest absolute Gasteiger partial charge is 0.323 e. The van der Waals surface area contributed by atoms with Gasteiger partial charge in [-0.05, 0) is 43.2 Å². The number of nitrogens with zero attached hydrogens (tertiary/aromatic N) is 1. The Morgan fingerprint density at radius 2 is 1.52 bits per heavy atom. The van der Waals surface area contributed by atoms with Crippen molar-refractivity contribution in [1.82, 2.24) is 0 Å². The first kappa shape index (κ1) is 22.5. The van der Waals surface area contributed by atoms with Crippen LogP contribution in [0.25, 0.3) is 0 Å². The lowest BCUT2D eigenvalue weighted by molar-refractivity contribution is 0.262. The zero-order valence-electron chi connectivity index (χ0n) is 18.6. The Balaban J connectivity index is 1.54. The molecule has 0 fully saturated rings. The second-order valence-electron chi connectivity index (χ2n) is 7.66. The Kier molecular flexibility index (Phi) is 6.15. The molecule has 3 aromatic rings. The summed E-state index contributed by atoms with van der Waals surface area (Å²) in [7, 11) is -0.646. The lowest BCUT2D eigenvalue weighted by Crippen LogP contribution is -2.29. The van der Waals surface area contributed by atoms with Crippen molar-refractivity contribution in [3.05, 3.63) is 71.8 Å². The van der Waals surface area contributed by atoms with Gasteiger partial charge in [0.1, 0.15) is 11.5 Å². The fourth-order valence-corrected chi connectivity index (χ4v) is 5.18. The average molecular weight is 468 g/mol. The maximum absolute atomic E-state index is 13.2. The molecule has 0 aliphatic carbocycles. The van der Waals surface area contributed by atoms with Crippen molar-refractivity contribution in [2.75, 3.05) is 35.7 Å². The summed E-state index contributed by atoms with van der Waals surface area (Å²) in [6.45, 7) is 2.26. The number of methoxy groups -OCH3 is 2. The molecule has 0 unspecified atom stereocenters. The maximum Gasteiger partial charge on any atom is 0.323 e. The summed E-state index contributed by atoms with van der Waals surface area (Å²) in [6, 6.07) is 16.6. The SMILES string of the molecule is COc1cc(NC(=O)Nc2ccc3c(c2)N(S(=O)(=O)c2ccc(C)cc2)CC3)cc(OC)c1. The van der Waals surface area contributed by atoms with Crippen LogP contribution in [0.1, 0.15) is 11.1 Å². The van der Waals surface area contributed by atoms with Crippen LogP contribution in [0, 0.1) is 6.92 Å². The number of nitrogens with one attached hydrogen (secondary N) is 2. The minimum absolute atomic E-state index is 0.240. The minimum Gasteiger partial charge on any atom is -0.497 e. The fourth-order valence-electron chi connectivity index (χ4n) is 3.69. The van der Waals surface area contributed by atoms with E-state index < -0.39 is 16.1 Å². The molecule has 0 radical (unpaired) electrons. The highest BCUT2D eigenvalue weighted by Crippen LogP contribution is 2.35. The number of carbonyl (C=O) groups is 1. The Morgan fingerprint density at radius 3 is 2.15 bits per heavy atom. The van der Waals surface area contributed by atoms with E-state index in [0.717, 1.165) is 11.1 Å². The Bertz CT molecular complexity index is 1270. The predicted molar refractivity (Wildman–Crippen MR) is 128 cm³/mol. The van der Waals surface area contributed by atoms with Gasteiger partial charge in [0.25, 0.3) is 10.0 Å². The number of hydrogen-bond donors (Lipinski definition) is 2. The summed E-state index contributed by atoms with van der Waals surface area (Å²) in [4.78, 5) is 12.8. The summed E-state index contributed by atoms with van der Waals surface area (Å²) >= 11 is 0. The minimum atomic E-state index is -3.70. The van der Waals surface area contributed by atoms with Crippen LogP contribution >= 0.6 is 0 Å². The topological polar surface area (TPSA) is 97.0 Å². The first-order valence-corrected chi connectivity index (χ1v) is 11.8. The predicted octanol–water partition coefficient (Wildman–Crippen LogP) is 4.41. The molecule has 1 heterocycles. The van der Waals surface area contributed by atoms with Crippen LogP contribution in [0.3, 0.4) is 0 Å². The van der Waals surface area contributed by atoms with Crippen molar-refractivity contribution in [2.24, 2.45) is 0 Å². The van der Waals surface area contributed by atoms with E-state index in [9.17, 15) is 13.2 Å². The van der Waals surface area contributed by atoms with Crippen molar-refractivity contribution in [1.29, 1.82) is 0 Å².